The summed E-state index contributed by atoms with van der Waals surface area (Å²) in [6.07, 6.45) is 7.65. The fourth-order valence-corrected chi connectivity index (χ4v) is 10.6. The van der Waals surface area contributed by atoms with E-state index in [0.717, 1.165) is 12.2 Å². The van der Waals surface area contributed by atoms with Crippen molar-refractivity contribution in [1.29, 1.82) is 0 Å². The summed E-state index contributed by atoms with van der Waals surface area (Å²) < 4.78 is 2.58. The Labute approximate surface area is 183 Å². The van der Waals surface area contributed by atoms with Gasteiger partial charge in [-0.2, -0.15) is 0 Å². The van der Waals surface area contributed by atoms with Gasteiger partial charge in [0.1, 0.15) is 0 Å². The molecule has 0 aliphatic heterocycles. The fourth-order valence-electron chi connectivity index (χ4n) is 4.35. The summed E-state index contributed by atoms with van der Waals surface area (Å²) in [6, 6.07) is 20.3. The first-order chi connectivity index (χ1) is 13.7. The van der Waals surface area contributed by atoms with Crippen LogP contribution in [0, 0.1) is 0 Å². The molecule has 0 fully saturated rings. The van der Waals surface area contributed by atoms with Crippen LogP contribution in [0.5, 0.6) is 0 Å². The Kier molecular flexibility index (Phi) is 6.65. The topological polar surface area (TPSA) is 0 Å². The maximum absolute atomic E-state index is 2.49. The molecule has 2 aromatic carbocycles. The van der Waals surface area contributed by atoms with Gasteiger partial charge in [-0.05, 0) is 0 Å². The minimum atomic E-state index is -0.691. The van der Waals surface area contributed by atoms with Gasteiger partial charge >= 0.3 is 184 Å². The molecule has 2 aromatic rings. The van der Waals surface area contributed by atoms with Crippen LogP contribution in [0.2, 0.25) is 0 Å². The van der Waals surface area contributed by atoms with Gasteiger partial charge in [0.15, 0.2) is 0 Å². The molecule has 0 aromatic heterocycles. The Morgan fingerprint density at radius 3 is 2.54 bits per heavy atom. The van der Waals surface area contributed by atoms with E-state index in [9.17, 15) is 0 Å². The Bertz CT molecular complexity index is 949. The average Bonchev–Trinajstić information content (AvgIpc) is 3.20. The molecule has 2 aliphatic carbocycles. The molecule has 0 radical (unpaired) electrons. The first-order valence-electron chi connectivity index (χ1n) is 10.5. The summed E-state index contributed by atoms with van der Waals surface area (Å²) in [6.45, 7) is 7.08. The summed E-state index contributed by atoms with van der Waals surface area (Å²) in [7, 11) is 0.772. The van der Waals surface area contributed by atoms with Gasteiger partial charge in [-0.1, -0.05) is 0 Å². The number of fused-ring (bicyclic) bond motifs is 1. The number of hydrogen-bond donors (Lipinski definition) is 0. The van der Waals surface area contributed by atoms with Crippen molar-refractivity contribution in [2.45, 2.75) is 50.1 Å². The first-order valence-corrected chi connectivity index (χ1v) is 14.1. The van der Waals surface area contributed by atoms with Gasteiger partial charge in [0.2, 0.25) is 0 Å². The molecule has 0 N–H and O–H groups in total. The molecule has 142 valence electrons. The van der Waals surface area contributed by atoms with Crippen molar-refractivity contribution in [1.82, 2.24) is 0 Å². The third-order valence-corrected chi connectivity index (χ3v) is 12.1. The average molecular weight is 464 g/mol. The van der Waals surface area contributed by atoms with E-state index < -0.39 is 23.2 Å². The Hall–Kier alpha value is -1.03. The molecule has 0 nitrogen and oxygen atoms in total. The van der Waals surface area contributed by atoms with Gasteiger partial charge in [0, 0.05) is 0 Å². The van der Waals surface area contributed by atoms with Gasteiger partial charge in [-0.15, -0.1) is 0 Å². The van der Waals surface area contributed by atoms with Crippen molar-refractivity contribution in [3.05, 3.63) is 91.8 Å². The third-order valence-electron chi connectivity index (χ3n) is 5.96. The van der Waals surface area contributed by atoms with Crippen molar-refractivity contribution >= 4 is 19.2 Å². The summed E-state index contributed by atoms with van der Waals surface area (Å²) >= 11 is -0.691. The maximum atomic E-state index is 2.49. The number of rotatable bonds is 7. The van der Waals surface area contributed by atoms with Crippen LogP contribution in [0.1, 0.15) is 61.2 Å². The zero-order valence-corrected chi connectivity index (χ0v) is 20.6. The van der Waals surface area contributed by atoms with Gasteiger partial charge in [0.25, 0.3) is 0 Å². The van der Waals surface area contributed by atoms with Gasteiger partial charge in [0.05, 0.1) is 0 Å². The second-order valence-electron chi connectivity index (χ2n) is 7.87. The first kappa shape index (κ1) is 20.3. The predicted octanol–water partition coefficient (Wildman–Crippen LogP) is 7.35. The van der Waals surface area contributed by atoms with Crippen molar-refractivity contribution in [2.24, 2.45) is 0 Å². The summed E-state index contributed by atoms with van der Waals surface area (Å²) in [5.74, 6) is 0. The van der Waals surface area contributed by atoms with Crippen LogP contribution in [0.15, 0.2) is 80.7 Å². The molecule has 2 unspecified atom stereocenters. The Morgan fingerprint density at radius 1 is 1.00 bits per heavy atom. The summed E-state index contributed by atoms with van der Waals surface area (Å²) in [5, 5.41) is 3.07. The minimum absolute atomic E-state index is 0.691. The van der Waals surface area contributed by atoms with Gasteiger partial charge in [-0.3, -0.25) is 0 Å². The molecule has 0 saturated heterocycles. The number of benzene rings is 2. The fraction of sp³-hybridized carbons (Fsp3) is 0.308. The van der Waals surface area contributed by atoms with E-state index in [-0.39, 0.29) is 0 Å². The normalized spacial score (nSPS) is 19.0. The zero-order chi connectivity index (χ0) is 19.5. The van der Waals surface area contributed by atoms with Crippen LogP contribution in [-0.4, -0.2) is 0 Å². The molecule has 2 atom stereocenters. The SMILES string of the molecule is CCCCC1=[C]([Zr][CH]2C(C)=C(Pc3ccccc3)c3ccccc32)CC=C1C. The monoisotopic (exact) mass is 462 g/mol. The van der Waals surface area contributed by atoms with Crippen molar-refractivity contribution in [3.8, 4) is 0 Å². The van der Waals surface area contributed by atoms with E-state index in [1.54, 1.807) is 27.6 Å². The van der Waals surface area contributed by atoms with Crippen molar-refractivity contribution in [3.63, 3.8) is 0 Å². The quantitative estimate of drug-likeness (QED) is 0.377. The second-order valence-corrected chi connectivity index (χ2v) is 12.8. The van der Waals surface area contributed by atoms with E-state index in [1.165, 1.54) is 36.6 Å². The number of hydrogen-bond acceptors (Lipinski definition) is 0. The molecule has 0 heterocycles. The molecule has 0 saturated carbocycles. The standard InChI is InChI=1S/C16H14P.C10H15.Zr/c1-12-11-13-7-5-6-10-15(13)16(12)17-14-8-3-2-4-9-14;1-3-4-7-10-8-5-6-9(10)2;/h2-11,17H,1H3;6H,3-5,7H2,1-2H3;. The van der Waals surface area contributed by atoms with Crippen molar-refractivity contribution < 1.29 is 23.2 Å². The predicted molar refractivity (Wildman–Crippen MR) is 121 cm³/mol. The van der Waals surface area contributed by atoms with E-state index in [1.807, 2.05) is 3.28 Å². The van der Waals surface area contributed by atoms with E-state index in [4.69, 9.17) is 0 Å². The van der Waals surface area contributed by atoms with E-state index in [0.29, 0.717) is 0 Å². The molecule has 28 heavy (non-hydrogen) atoms. The van der Waals surface area contributed by atoms with E-state index >= 15 is 0 Å². The molecule has 0 spiro atoms. The van der Waals surface area contributed by atoms with Crippen LogP contribution in [-0.2, 0) is 23.2 Å². The van der Waals surface area contributed by atoms with Crippen LogP contribution < -0.4 is 5.30 Å². The summed E-state index contributed by atoms with van der Waals surface area (Å²) in [4.78, 5) is 0. The van der Waals surface area contributed by atoms with Crippen LogP contribution in [0.3, 0.4) is 0 Å². The van der Waals surface area contributed by atoms with Gasteiger partial charge in [-0.25, -0.2) is 0 Å². The molecule has 0 amide bonds. The molecule has 2 aliphatic rings. The van der Waals surface area contributed by atoms with Gasteiger partial charge < -0.3 is 0 Å². The molecule has 4 rings (SSSR count). The second kappa shape index (κ2) is 9.19. The van der Waals surface area contributed by atoms with Crippen LogP contribution >= 0.6 is 8.58 Å². The van der Waals surface area contributed by atoms with Crippen LogP contribution in [0.25, 0.3) is 5.31 Å². The van der Waals surface area contributed by atoms with Crippen molar-refractivity contribution in [2.75, 3.05) is 0 Å². The Morgan fingerprint density at radius 2 is 1.75 bits per heavy atom. The molecule has 0 bridgehead atoms. The Balaban J connectivity index is 1.66. The molecular weight excluding hydrogens is 434 g/mol. The number of allylic oxidation sites excluding steroid dienone is 5. The summed E-state index contributed by atoms with van der Waals surface area (Å²) in [5.41, 5.74) is 8.13. The van der Waals surface area contributed by atoms with E-state index in [2.05, 4.69) is 81.4 Å². The third kappa shape index (κ3) is 4.13. The number of unbranched alkanes of at least 4 members (excludes halogenated alkanes) is 1. The molecule has 2 heteroatoms. The molecular formula is C26H29PZr. The zero-order valence-electron chi connectivity index (χ0n) is 17.2. The van der Waals surface area contributed by atoms with Crippen LogP contribution in [0.4, 0.5) is 0 Å².